The van der Waals surface area contributed by atoms with E-state index in [1.165, 1.54) is 11.1 Å². The van der Waals surface area contributed by atoms with E-state index in [0.717, 1.165) is 40.8 Å². The van der Waals surface area contributed by atoms with Crippen molar-refractivity contribution < 1.29 is 0 Å². The van der Waals surface area contributed by atoms with Crippen molar-refractivity contribution in [2.75, 3.05) is 12.3 Å². The molecule has 0 unspecified atom stereocenters. The van der Waals surface area contributed by atoms with Crippen LogP contribution in [-0.2, 0) is 13.6 Å². The fourth-order valence-electron chi connectivity index (χ4n) is 2.94. The minimum Gasteiger partial charge on any atom is -0.312 e. The molecule has 142 valence electrons. The number of aromatic amines is 1. The Morgan fingerprint density at radius 3 is 2.50 bits per heavy atom. The SMILES string of the molecule is Cn1nnnc1SCCNCc1cn[nH]c1-c1ccc(-c2ccccc2)cc1. The molecule has 0 saturated heterocycles. The molecule has 2 aromatic heterocycles. The summed E-state index contributed by atoms with van der Waals surface area (Å²) in [5, 5.41) is 23.1. The minimum absolute atomic E-state index is 0.754. The van der Waals surface area contributed by atoms with Crippen LogP contribution in [0.15, 0.2) is 66.0 Å². The van der Waals surface area contributed by atoms with Crippen LogP contribution < -0.4 is 5.32 Å². The molecule has 7 nitrogen and oxygen atoms in total. The number of benzene rings is 2. The van der Waals surface area contributed by atoms with E-state index in [-0.39, 0.29) is 0 Å². The van der Waals surface area contributed by atoms with Crippen LogP contribution >= 0.6 is 11.8 Å². The third kappa shape index (κ3) is 4.29. The zero-order chi connectivity index (χ0) is 19.2. The highest BCUT2D eigenvalue weighted by Gasteiger charge is 2.08. The fourth-order valence-corrected chi connectivity index (χ4v) is 3.68. The second kappa shape index (κ2) is 8.81. The molecule has 0 aliphatic carbocycles. The highest BCUT2D eigenvalue weighted by molar-refractivity contribution is 7.99. The highest BCUT2D eigenvalue weighted by atomic mass is 32.2. The number of aryl methyl sites for hydroxylation is 1. The van der Waals surface area contributed by atoms with Crippen LogP contribution in [0.25, 0.3) is 22.4 Å². The quantitative estimate of drug-likeness (QED) is 0.355. The van der Waals surface area contributed by atoms with E-state index >= 15 is 0 Å². The van der Waals surface area contributed by atoms with Crippen LogP contribution in [-0.4, -0.2) is 42.7 Å². The van der Waals surface area contributed by atoms with Gasteiger partial charge in [0, 0.05) is 31.5 Å². The molecule has 0 amide bonds. The average molecular weight is 392 g/mol. The van der Waals surface area contributed by atoms with Crippen molar-refractivity contribution >= 4 is 11.8 Å². The van der Waals surface area contributed by atoms with E-state index in [1.54, 1.807) is 16.4 Å². The molecule has 0 radical (unpaired) electrons. The van der Waals surface area contributed by atoms with Crippen LogP contribution in [0.3, 0.4) is 0 Å². The summed E-state index contributed by atoms with van der Waals surface area (Å²) in [6.07, 6.45) is 1.88. The van der Waals surface area contributed by atoms with Gasteiger partial charge in [-0.25, -0.2) is 4.68 Å². The number of tetrazole rings is 1. The topological polar surface area (TPSA) is 84.3 Å². The zero-order valence-electron chi connectivity index (χ0n) is 15.5. The molecule has 0 aliphatic heterocycles. The lowest BCUT2D eigenvalue weighted by molar-refractivity contribution is 0.663. The Morgan fingerprint density at radius 2 is 1.75 bits per heavy atom. The molecule has 2 heterocycles. The Bertz CT molecular complexity index is 1010. The minimum atomic E-state index is 0.754. The molecule has 4 aromatic rings. The first-order valence-corrected chi connectivity index (χ1v) is 10.0. The van der Waals surface area contributed by atoms with E-state index in [2.05, 4.69) is 79.6 Å². The standard InChI is InChI=1S/C20H21N7S/c1-27-20(24-25-26-27)28-12-11-21-13-18-14-22-23-19(18)17-9-7-16(8-10-17)15-5-3-2-4-6-15/h2-10,14,21H,11-13H2,1H3,(H,22,23). The van der Waals surface area contributed by atoms with E-state index in [9.17, 15) is 0 Å². The number of hydrogen-bond donors (Lipinski definition) is 2. The molecule has 0 atom stereocenters. The van der Waals surface area contributed by atoms with E-state index in [4.69, 9.17) is 0 Å². The molecule has 4 rings (SSSR count). The summed E-state index contributed by atoms with van der Waals surface area (Å²) in [7, 11) is 1.84. The van der Waals surface area contributed by atoms with E-state index in [1.807, 2.05) is 19.3 Å². The van der Waals surface area contributed by atoms with Gasteiger partial charge in [0.25, 0.3) is 0 Å². The largest absolute Gasteiger partial charge is 0.312 e. The van der Waals surface area contributed by atoms with Gasteiger partial charge in [-0.3, -0.25) is 5.10 Å². The van der Waals surface area contributed by atoms with Gasteiger partial charge in [-0.1, -0.05) is 66.4 Å². The summed E-state index contributed by atoms with van der Waals surface area (Å²) in [6.45, 7) is 1.61. The number of rotatable bonds is 8. The van der Waals surface area contributed by atoms with Crippen LogP contribution in [0.5, 0.6) is 0 Å². The Labute approximate surface area is 167 Å². The van der Waals surface area contributed by atoms with Gasteiger partial charge >= 0.3 is 0 Å². The molecular formula is C20H21N7S. The Balaban J connectivity index is 1.34. The number of H-pyrrole nitrogens is 1. The number of aromatic nitrogens is 6. The number of nitrogens with one attached hydrogen (secondary N) is 2. The Hall–Kier alpha value is -2.97. The van der Waals surface area contributed by atoms with Gasteiger partial charge in [-0.15, -0.1) is 5.10 Å². The van der Waals surface area contributed by atoms with Gasteiger partial charge in [0.2, 0.25) is 5.16 Å². The number of hydrogen-bond acceptors (Lipinski definition) is 6. The third-order valence-corrected chi connectivity index (χ3v) is 5.42. The normalized spacial score (nSPS) is 11.0. The van der Waals surface area contributed by atoms with E-state index in [0.29, 0.717) is 0 Å². The van der Waals surface area contributed by atoms with Crippen molar-refractivity contribution in [1.29, 1.82) is 0 Å². The molecule has 0 bridgehead atoms. The van der Waals surface area contributed by atoms with Gasteiger partial charge in [0.15, 0.2) is 0 Å². The van der Waals surface area contributed by atoms with Crippen LogP contribution in [0.4, 0.5) is 0 Å². The van der Waals surface area contributed by atoms with E-state index < -0.39 is 0 Å². The van der Waals surface area contributed by atoms with Gasteiger partial charge < -0.3 is 5.32 Å². The molecule has 0 fully saturated rings. The first kappa shape index (κ1) is 18.4. The predicted molar refractivity (Wildman–Crippen MR) is 111 cm³/mol. The van der Waals surface area contributed by atoms with Crippen LogP contribution in [0, 0.1) is 0 Å². The van der Waals surface area contributed by atoms with Crippen LogP contribution in [0.2, 0.25) is 0 Å². The molecule has 2 N–H and O–H groups in total. The lowest BCUT2D eigenvalue weighted by atomic mass is 10.0. The third-order valence-electron chi connectivity index (χ3n) is 4.41. The summed E-state index contributed by atoms with van der Waals surface area (Å²) in [6, 6.07) is 19.0. The maximum Gasteiger partial charge on any atom is 0.209 e. The number of nitrogens with zero attached hydrogens (tertiary/aromatic N) is 5. The van der Waals surface area contributed by atoms with Gasteiger partial charge in [0.05, 0.1) is 11.9 Å². The lowest BCUT2D eigenvalue weighted by Gasteiger charge is -2.07. The summed E-state index contributed by atoms with van der Waals surface area (Å²) in [4.78, 5) is 0. The molecule has 8 heteroatoms. The van der Waals surface area contributed by atoms with Crippen molar-refractivity contribution in [3.63, 3.8) is 0 Å². The monoisotopic (exact) mass is 391 g/mol. The van der Waals surface area contributed by atoms with Crippen molar-refractivity contribution in [3.8, 4) is 22.4 Å². The summed E-state index contributed by atoms with van der Waals surface area (Å²) in [5.74, 6) is 0.896. The van der Waals surface area contributed by atoms with Crippen LogP contribution in [0.1, 0.15) is 5.56 Å². The molecule has 28 heavy (non-hydrogen) atoms. The molecule has 0 saturated carbocycles. The Morgan fingerprint density at radius 1 is 1.00 bits per heavy atom. The van der Waals surface area contributed by atoms with Crippen molar-refractivity contribution in [1.82, 2.24) is 35.7 Å². The maximum absolute atomic E-state index is 4.23. The summed E-state index contributed by atoms with van der Waals surface area (Å²) < 4.78 is 1.68. The maximum atomic E-state index is 4.23. The van der Waals surface area contributed by atoms with Crippen molar-refractivity contribution in [2.24, 2.45) is 7.05 Å². The molecule has 0 spiro atoms. The first-order valence-electron chi connectivity index (χ1n) is 9.05. The molecular weight excluding hydrogens is 370 g/mol. The second-order valence-corrected chi connectivity index (χ2v) is 7.39. The lowest BCUT2D eigenvalue weighted by Crippen LogP contribution is -2.17. The van der Waals surface area contributed by atoms with Crippen molar-refractivity contribution in [2.45, 2.75) is 11.7 Å². The zero-order valence-corrected chi connectivity index (χ0v) is 16.4. The Kier molecular flexibility index (Phi) is 5.79. The fraction of sp³-hybridized carbons (Fsp3) is 0.200. The van der Waals surface area contributed by atoms with Gasteiger partial charge in [-0.2, -0.15) is 5.10 Å². The second-order valence-electron chi connectivity index (χ2n) is 6.32. The first-order chi connectivity index (χ1) is 13.8. The smallest absolute Gasteiger partial charge is 0.209 e. The van der Waals surface area contributed by atoms with Gasteiger partial charge in [-0.05, 0) is 27.1 Å². The van der Waals surface area contributed by atoms with Gasteiger partial charge in [0.1, 0.15) is 0 Å². The highest BCUT2D eigenvalue weighted by Crippen LogP contribution is 2.25. The average Bonchev–Trinajstić information content (AvgIpc) is 3.37. The van der Waals surface area contributed by atoms with Crippen molar-refractivity contribution in [3.05, 3.63) is 66.4 Å². The molecule has 2 aromatic carbocycles. The predicted octanol–water partition coefficient (Wildman–Crippen LogP) is 3.15. The number of thioether (sulfide) groups is 1. The summed E-state index contributed by atoms with van der Waals surface area (Å²) in [5.41, 5.74) is 5.76. The molecule has 0 aliphatic rings. The summed E-state index contributed by atoms with van der Waals surface area (Å²) >= 11 is 1.63.